The predicted octanol–water partition coefficient (Wildman–Crippen LogP) is 2.50. The molecule has 10 nitrogen and oxygen atoms in total. The van der Waals surface area contributed by atoms with Gasteiger partial charge in [-0.3, -0.25) is 19.1 Å². The number of nitrogens with one attached hydrogen (secondary N) is 2. The Labute approximate surface area is 180 Å². The van der Waals surface area contributed by atoms with Crippen LogP contribution in [0.4, 0.5) is 5.82 Å². The van der Waals surface area contributed by atoms with Crippen molar-refractivity contribution in [1.82, 2.24) is 24.7 Å². The van der Waals surface area contributed by atoms with Gasteiger partial charge in [0.25, 0.3) is 5.56 Å². The molecular weight excluding hydrogens is 420 g/mol. The fraction of sp³-hybridized carbons (Fsp3) is 0.500. The van der Waals surface area contributed by atoms with E-state index < -0.39 is 16.5 Å². The van der Waals surface area contributed by atoms with Gasteiger partial charge in [0.1, 0.15) is 22.0 Å². The Morgan fingerprint density at radius 1 is 1.32 bits per heavy atom. The Hall–Kier alpha value is -2.95. The van der Waals surface area contributed by atoms with Gasteiger partial charge in [0.2, 0.25) is 5.91 Å². The lowest BCUT2D eigenvalue weighted by Gasteiger charge is -2.16. The third kappa shape index (κ3) is 3.89. The van der Waals surface area contributed by atoms with Crippen LogP contribution in [0.3, 0.4) is 0 Å². The number of nitrogens with zero attached hydrogens (tertiary/aromatic N) is 4. The van der Waals surface area contributed by atoms with E-state index in [0.717, 1.165) is 25.7 Å². The Kier molecular flexibility index (Phi) is 4.92. The maximum absolute atomic E-state index is 12.9. The second-order valence-corrected chi connectivity index (χ2v) is 9.24. The van der Waals surface area contributed by atoms with Gasteiger partial charge in [0.15, 0.2) is 11.5 Å². The molecule has 162 valence electrons. The van der Waals surface area contributed by atoms with Crippen molar-refractivity contribution in [3.05, 3.63) is 38.5 Å². The number of carbonyl (C=O) groups excluding carboxylic acids is 1. The van der Waals surface area contributed by atoms with Crippen molar-refractivity contribution in [2.45, 2.75) is 68.2 Å². The maximum Gasteiger partial charge on any atom is 0.330 e. The van der Waals surface area contributed by atoms with Gasteiger partial charge in [-0.2, -0.15) is 0 Å². The minimum atomic E-state index is -0.524. The molecule has 0 saturated heterocycles. The van der Waals surface area contributed by atoms with E-state index in [1.165, 1.54) is 11.8 Å². The normalized spacial score (nSPS) is 17.1. The molecule has 5 rings (SSSR count). The standard InChI is InChI=1S/C20H22N6O4S/c1-3-12(17(27)21-13-8-9(2)30-25-13)31-19-14-16(22-15(23-19)10-4-5-10)26(11-6-7-11)20(29)24-18(14)28/h8,10-12H,3-7H2,1-2H3,(H,21,25,27)(H,24,28,29). The summed E-state index contributed by atoms with van der Waals surface area (Å²) >= 11 is 1.22. The lowest BCUT2D eigenvalue weighted by atomic mass is 10.3. The molecule has 3 aromatic rings. The van der Waals surface area contributed by atoms with Crippen LogP contribution in [0.15, 0.2) is 25.2 Å². The average molecular weight is 443 g/mol. The van der Waals surface area contributed by atoms with Crippen molar-refractivity contribution >= 4 is 34.5 Å². The van der Waals surface area contributed by atoms with Gasteiger partial charge in [-0.1, -0.05) is 23.8 Å². The van der Waals surface area contributed by atoms with Crippen molar-refractivity contribution in [2.75, 3.05) is 5.32 Å². The summed E-state index contributed by atoms with van der Waals surface area (Å²) in [6, 6.07) is 1.69. The van der Waals surface area contributed by atoms with Gasteiger partial charge < -0.3 is 9.84 Å². The number of H-pyrrole nitrogens is 1. The molecule has 2 aliphatic rings. The highest BCUT2D eigenvalue weighted by Gasteiger charge is 2.33. The third-order valence-corrected chi connectivity index (χ3v) is 6.77. The fourth-order valence-corrected chi connectivity index (χ4v) is 4.55. The molecule has 1 amide bonds. The average Bonchev–Trinajstić information content (AvgIpc) is 3.64. The van der Waals surface area contributed by atoms with Gasteiger partial charge >= 0.3 is 5.69 Å². The lowest BCUT2D eigenvalue weighted by Crippen LogP contribution is -2.31. The van der Waals surface area contributed by atoms with E-state index in [2.05, 4.69) is 25.4 Å². The van der Waals surface area contributed by atoms with Crippen LogP contribution in [0.25, 0.3) is 11.0 Å². The number of rotatable bonds is 7. The molecular formula is C20H22N6O4S. The van der Waals surface area contributed by atoms with Gasteiger partial charge in [0.05, 0.1) is 5.25 Å². The van der Waals surface area contributed by atoms with Crippen LogP contribution < -0.4 is 16.6 Å². The number of thioether (sulfide) groups is 1. The molecule has 2 fully saturated rings. The van der Waals surface area contributed by atoms with E-state index in [-0.39, 0.29) is 23.3 Å². The van der Waals surface area contributed by atoms with E-state index >= 15 is 0 Å². The molecule has 1 atom stereocenters. The second kappa shape index (κ2) is 7.63. The van der Waals surface area contributed by atoms with E-state index in [1.807, 2.05) is 6.92 Å². The number of amides is 1. The Morgan fingerprint density at radius 3 is 2.71 bits per heavy atom. The molecule has 0 bridgehead atoms. The Balaban J connectivity index is 1.56. The molecule has 0 radical (unpaired) electrons. The molecule has 3 aromatic heterocycles. The quantitative estimate of drug-likeness (QED) is 0.421. The van der Waals surface area contributed by atoms with E-state index in [4.69, 9.17) is 4.52 Å². The molecule has 0 aromatic carbocycles. The third-order valence-electron chi connectivity index (χ3n) is 5.42. The van der Waals surface area contributed by atoms with Crippen LogP contribution in [-0.4, -0.2) is 35.8 Å². The smallest absolute Gasteiger partial charge is 0.330 e. The van der Waals surface area contributed by atoms with Crippen LogP contribution in [0.5, 0.6) is 0 Å². The van der Waals surface area contributed by atoms with Crippen molar-refractivity contribution < 1.29 is 9.32 Å². The zero-order valence-electron chi connectivity index (χ0n) is 17.2. The SMILES string of the molecule is CCC(Sc1nc(C2CC2)nc2c1c(=O)[nH]c(=O)n2C1CC1)C(=O)Nc1cc(C)on1. The summed E-state index contributed by atoms with van der Waals surface area (Å²) in [4.78, 5) is 49.8. The summed E-state index contributed by atoms with van der Waals surface area (Å²) in [6.45, 7) is 3.63. The van der Waals surface area contributed by atoms with Gasteiger partial charge in [-0.05, 0) is 39.0 Å². The zero-order valence-corrected chi connectivity index (χ0v) is 18.0. The highest BCUT2D eigenvalue weighted by atomic mass is 32.2. The number of hydrogen-bond donors (Lipinski definition) is 2. The second-order valence-electron chi connectivity index (χ2n) is 8.05. The van der Waals surface area contributed by atoms with Crippen molar-refractivity contribution in [2.24, 2.45) is 0 Å². The number of aromatic nitrogens is 5. The van der Waals surface area contributed by atoms with Crippen LogP contribution in [0, 0.1) is 6.92 Å². The molecule has 31 heavy (non-hydrogen) atoms. The first kappa shape index (κ1) is 20.0. The first-order valence-electron chi connectivity index (χ1n) is 10.4. The first-order valence-corrected chi connectivity index (χ1v) is 11.3. The van der Waals surface area contributed by atoms with Crippen LogP contribution in [0.2, 0.25) is 0 Å². The molecule has 0 spiro atoms. The molecule has 2 saturated carbocycles. The molecule has 11 heteroatoms. The number of aryl methyl sites for hydroxylation is 1. The summed E-state index contributed by atoms with van der Waals surface area (Å²) in [7, 11) is 0. The molecule has 2 aliphatic carbocycles. The molecule has 2 N–H and O–H groups in total. The molecule has 3 heterocycles. The minimum Gasteiger partial charge on any atom is -0.360 e. The number of carbonyl (C=O) groups is 1. The highest BCUT2D eigenvalue weighted by Crippen LogP contribution is 2.41. The fourth-order valence-electron chi connectivity index (χ4n) is 3.50. The van der Waals surface area contributed by atoms with Crippen LogP contribution in [0.1, 0.15) is 62.6 Å². The summed E-state index contributed by atoms with van der Waals surface area (Å²) in [6.07, 6.45) is 4.23. The lowest BCUT2D eigenvalue weighted by molar-refractivity contribution is -0.115. The van der Waals surface area contributed by atoms with Crippen molar-refractivity contribution in [3.63, 3.8) is 0 Å². The minimum absolute atomic E-state index is 0.0485. The largest absolute Gasteiger partial charge is 0.360 e. The maximum atomic E-state index is 12.9. The first-order chi connectivity index (χ1) is 14.9. The summed E-state index contributed by atoms with van der Waals surface area (Å²) in [5.41, 5.74) is -0.593. The van der Waals surface area contributed by atoms with E-state index in [1.54, 1.807) is 17.6 Å². The van der Waals surface area contributed by atoms with Crippen molar-refractivity contribution in [3.8, 4) is 0 Å². The van der Waals surface area contributed by atoms with Crippen molar-refractivity contribution in [1.29, 1.82) is 0 Å². The van der Waals surface area contributed by atoms with E-state index in [0.29, 0.717) is 34.5 Å². The predicted molar refractivity (Wildman–Crippen MR) is 114 cm³/mol. The number of fused-ring (bicyclic) bond motifs is 1. The van der Waals surface area contributed by atoms with Gasteiger partial charge in [0, 0.05) is 18.0 Å². The van der Waals surface area contributed by atoms with Crippen LogP contribution >= 0.6 is 11.8 Å². The summed E-state index contributed by atoms with van der Waals surface area (Å²) in [5.74, 6) is 1.55. The number of hydrogen-bond acceptors (Lipinski definition) is 8. The molecule has 0 aliphatic heterocycles. The highest BCUT2D eigenvalue weighted by molar-refractivity contribution is 8.00. The summed E-state index contributed by atoms with van der Waals surface area (Å²) < 4.78 is 6.58. The van der Waals surface area contributed by atoms with Gasteiger partial charge in [-0.15, -0.1) is 0 Å². The number of aromatic amines is 1. The zero-order chi connectivity index (χ0) is 21.7. The molecule has 1 unspecified atom stereocenters. The van der Waals surface area contributed by atoms with E-state index in [9.17, 15) is 14.4 Å². The Bertz CT molecular complexity index is 1290. The number of anilines is 1. The van der Waals surface area contributed by atoms with Crippen LogP contribution in [-0.2, 0) is 4.79 Å². The topological polar surface area (TPSA) is 136 Å². The Morgan fingerprint density at radius 2 is 2.10 bits per heavy atom. The monoisotopic (exact) mass is 442 g/mol. The van der Waals surface area contributed by atoms with Gasteiger partial charge in [-0.25, -0.2) is 14.8 Å². The summed E-state index contributed by atoms with van der Waals surface area (Å²) in [5, 5.41) is 6.74.